The Morgan fingerprint density at radius 3 is 2.47 bits per heavy atom. The lowest BCUT2D eigenvalue weighted by Crippen LogP contribution is -2.08. The summed E-state index contributed by atoms with van der Waals surface area (Å²) in [5, 5.41) is 8.48. The van der Waals surface area contributed by atoms with Crippen LogP contribution in [0.5, 0.6) is 0 Å². The van der Waals surface area contributed by atoms with Gasteiger partial charge in [-0.3, -0.25) is 0 Å². The molecular formula is C10H10F3NO. The van der Waals surface area contributed by atoms with Crippen LogP contribution in [-0.4, -0.2) is 11.7 Å². The van der Waals surface area contributed by atoms with Gasteiger partial charge in [-0.2, -0.15) is 13.2 Å². The van der Waals surface area contributed by atoms with Crippen molar-refractivity contribution < 1.29 is 18.3 Å². The molecule has 5 heteroatoms. The van der Waals surface area contributed by atoms with Gasteiger partial charge >= 0.3 is 6.18 Å². The highest BCUT2D eigenvalue weighted by atomic mass is 19.4. The molecule has 1 aromatic carbocycles. The van der Waals surface area contributed by atoms with Gasteiger partial charge in [0.2, 0.25) is 0 Å². The summed E-state index contributed by atoms with van der Waals surface area (Å²) >= 11 is 0. The quantitative estimate of drug-likeness (QED) is 0.746. The zero-order chi connectivity index (χ0) is 11.5. The number of aliphatic hydroxyl groups is 1. The summed E-state index contributed by atoms with van der Waals surface area (Å²) in [7, 11) is 0. The first kappa shape index (κ1) is 11.6. The summed E-state index contributed by atoms with van der Waals surface area (Å²) in [6.07, 6.45) is -1.51. The largest absolute Gasteiger partial charge is 0.418 e. The summed E-state index contributed by atoms with van der Waals surface area (Å²) in [6, 6.07) is 3.44. The monoisotopic (exact) mass is 217 g/mol. The van der Waals surface area contributed by atoms with Gasteiger partial charge in [0.1, 0.15) is 0 Å². The summed E-state index contributed by atoms with van der Waals surface area (Å²) in [5.41, 5.74) is 4.62. The molecule has 0 atom stereocenters. The smallest absolute Gasteiger partial charge is 0.398 e. The van der Waals surface area contributed by atoms with Crippen molar-refractivity contribution in [2.24, 2.45) is 0 Å². The van der Waals surface area contributed by atoms with E-state index in [9.17, 15) is 13.2 Å². The summed E-state index contributed by atoms with van der Waals surface area (Å²) < 4.78 is 36.9. The van der Waals surface area contributed by atoms with Gasteiger partial charge < -0.3 is 10.8 Å². The third-order valence-corrected chi connectivity index (χ3v) is 1.80. The van der Waals surface area contributed by atoms with Crippen molar-refractivity contribution in [2.45, 2.75) is 6.18 Å². The zero-order valence-corrected chi connectivity index (χ0v) is 7.75. The number of rotatable bonds is 2. The minimum absolute atomic E-state index is 0.166. The van der Waals surface area contributed by atoms with Crippen molar-refractivity contribution in [3.63, 3.8) is 0 Å². The van der Waals surface area contributed by atoms with Crippen LogP contribution in [0.2, 0.25) is 0 Å². The van der Waals surface area contributed by atoms with Crippen LogP contribution < -0.4 is 5.73 Å². The van der Waals surface area contributed by atoms with E-state index >= 15 is 0 Å². The number of nitrogen functional groups attached to an aromatic ring is 1. The average molecular weight is 217 g/mol. The standard InChI is InChI=1S/C10H10F3NO/c11-10(12,13)8-4-3-7(2-1-5-15)6-9(8)14/h1-4,6,15H,5,14H2. The Kier molecular flexibility index (Phi) is 3.36. The van der Waals surface area contributed by atoms with Crippen LogP contribution in [0.1, 0.15) is 11.1 Å². The molecule has 0 radical (unpaired) electrons. The minimum Gasteiger partial charge on any atom is -0.398 e. The van der Waals surface area contributed by atoms with E-state index in [1.807, 2.05) is 0 Å². The lowest BCUT2D eigenvalue weighted by atomic mass is 10.1. The van der Waals surface area contributed by atoms with Crippen LogP contribution in [0.25, 0.3) is 6.08 Å². The molecule has 0 aromatic heterocycles. The van der Waals surface area contributed by atoms with Crippen LogP contribution in [0.3, 0.4) is 0 Å². The summed E-state index contributed by atoms with van der Waals surface area (Å²) in [6.45, 7) is -0.166. The second-order valence-electron chi connectivity index (χ2n) is 2.93. The van der Waals surface area contributed by atoms with Crippen molar-refractivity contribution in [3.8, 4) is 0 Å². The third-order valence-electron chi connectivity index (χ3n) is 1.80. The van der Waals surface area contributed by atoms with Crippen LogP contribution in [0.15, 0.2) is 24.3 Å². The van der Waals surface area contributed by atoms with Gasteiger partial charge in [0.25, 0.3) is 0 Å². The molecule has 15 heavy (non-hydrogen) atoms. The van der Waals surface area contributed by atoms with E-state index in [-0.39, 0.29) is 12.3 Å². The Hall–Kier alpha value is -1.49. The van der Waals surface area contributed by atoms with Gasteiger partial charge in [-0.25, -0.2) is 0 Å². The number of aliphatic hydroxyl groups excluding tert-OH is 1. The molecule has 0 aliphatic carbocycles. The molecule has 1 aromatic rings. The van der Waals surface area contributed by atoms with Crippen molar-refractivity contribution >= 4 is 11.8 Å². The second kappa shape index (κ2) is 4.35. The van der Waals surface area contributed by atoms with E-state index in [0.29, 0.717) is 5.56 Å². The van der Waals surface area contributed by atoms with Crippen molar-refractivity contribution in [1.82, 2.24) is 0 Å². The molecule has 2 nitrogen and oxygen atoms in total. The van der Waals surface area contributed by atoms with Gasteiger partial charge in [-0.1, -0.05) is 18.2 Å². The fourth-order valence-electron chi connectivity index (χ4n) is 1.13. The van der Waals surface area contributed by atoms with Crippen LogP contribution in [0.4, 0.5) is 18.9 Å². The molecular weight excluding hydrogens is 207 g/mol. The molecule has 0 aliphatic heterocycles. The van der Waals surface area contributed by atoms with E-state index in [4.69, 9.17) is 10.8 Å². The zero-order valence-electron chi connectivity index (χ0n) is 7.75. The highest BCUT2D eigenvalue weighted by molar-refractivity contribution is 5.59. The fraction of sp³-hybridized carbons (Fsp3) is 0.200. The van der Waals surface area contributed by atoms with Crippen LogP contribution in [-0.2, 0) is 6.18 Å². The maximum atomic E-state index is 12.3. The maximum absolute atomic E-state index is 12.3. The lowest BCUT2D eigenvalue weighted by Gasteiger charge is -2.09. The predicted molar refractivity (Wildman–Crippen MR) is 52.0 cm³/mol. The first-order chi connectivity index (χ1) is 6.95. The first-order valence-corrected chi connectivity index (χ1v) is 4.19. The number of anilines is 1. The lowest BCUT2D eigenvalue weighted by molar-refractivity contribution is -0.136. The Morgan fingerprint density at radius 2 is 2.00 bits per heavy atom. The molecule has 0 unspecified atom stereocenters. The van der Waals surface area contributed by atoms with Gasteiger partial charge in [-0.15, -0.1) is 0 Å². The number of benzene rings is 1. The minimum atomic E-state index is -4.43. The highest BCUT2D eigenvalue weighted by Crippen LogP contribution is 2.33. The van der Waals surface area contributed by atoms with E-state index in [0.717, 1.165) is 6.07 Å². The van der Waals surface area contributed by atoms with E-state index in [1.165, 1.54) is 24.3 Å². The molecule has 0 aliphatic rings. The molecule has 0 amide bonds. The normalized spacial score (nSPS) is 12.3. The molecule has 0 bridgehead atoms. The molecule has 82 valence electrons. The maximum Gasteiger partial charge on any atom is 0.418 e. The van der Waals surface area contributed by atoms with Crippen LogP contribution in [0, 0.1) is 0 Å². The number of hydrogen-bond acceptors (Lipinski definition) is 2. The van der Waals surface area contributed by atoms with Gasteiger partial charge in [0, 0.05) is 5.69 Å². The SMILES string of the molecule is Nc1cc(C=CCO)ccc1C(F)(F)F. The molecule has 1 rings (SSSR count). The van der Waals surface area contributed by atoms with Gasteiger partial charge in [0.05, 0.1) is 12.2 Å². The Labute approximate surface area is 84.8 Å². The van der Waals surface area contributed by atoms with Gasteiger partial charge in [-0.05, 0) is 17.7 Å². The third kappa shape index (κ3) is 2.99. The molecule has 0 saturated heterocycles. The predicted octanol–water partition coefficient (Wildman–Crippen LogP) is 2.29. The molecule has 3 N–H and O–H groups in total. The number of alkyl halides is 3. The first-order valence-electron chi connectivity index (χ1n) is 4.19. The Morgan fingerprint density at radius 1 is 1.33 bits per heavy atom. The molecule has 0 fully saturated rings. The highest BCUT2D eigenvalue weighted by Gasteiger charge is 2.32. The Bertz CT molecular complexity index is 371. The van der Waals surface area contributed by atoms with E-state index in [2.05, 4.69) is 0 Å². The van der Waals surface area contributed by atoms with Crippen LogP contribution >= 0.6 is 0 Å². The van der Waals surface area contributed by atoms with Crippen molar-refractivity contribution in [3.05, 3.63) is 35.4 Å². The number of hydrogen-bond donors (Lipinski definition) is 2. The number of nitrogens with two attached hydrogens (primary N) is 1. The summed E-state index contributed by atoms with van der Waals surface area (Å²) in [4.78, 5) is 0. The van der Waals surface area contributed by atoms with Crippen molar-refractivity contribution in [2.75, 3.05) is 12.3 Å². The molecule has 0 heterocycles. The second-order valence-corrected chi connectivity index (χ2v) is 2.93. The average Bonchev–Trinajstić information content (AvgIpc) is 2.12. The van der Waals surface area contributed by atoms with Gasteiger partial charge in [0.15, 0.2) is 0 Å². The van der Waals surface area contributed by atoms with Crippen molar-refractivity contribution in [1.29, 1.82) is 0 Å². The fourth-order valence-corrected chi connectivity index (χ4v) is 1.13. The molecule has 0 saturated carbocycles. The topological polar surface area (TPSA) is 46.2 Å². The van der Waals surface area contributed by atoms with E-state index in [1.54, 1.807) is 0 Å². The Balaban J connectivity index is 3.04. The summed E-state index contributed by atoms with van der Waals surface area (Å²) in [5.74, 6) is 0. The number of halogens is 3. The van der Waals surface area contributed by atoms with E-state index < -0.39 is 11.7 Å². The molecule has 0 spiro atoms.